The first-order valence-corrected chi connectivity index (χ1v) is 11.7. The van der Waals surface area contributed by atoms with E-state index in [2.05, 4.69) is 40.4 Å². The molecule has 2 aliphatic rings. The molecule has 5 atom stereocenters. The Morgan fingerprint density at radius 1 is 1.18 bits per heavy atom. The molecule has 176 valence electrons. The van der Waals surface area contributed by atoms with Gasteiger partial charge in [-0.05, 0) is 55.9 Å². The van der Waals surface area contributed by atoms with Crippen LogP contribution in [0.15, 0.2) is 42.9 Å². The molecular weight excluding hydrogens is 432 g/mol. The fourth-order valence-corrected chi connectivity index (χ4v) is 5.32. The van der Waals surface area contributed by atoms with Crippen LogP contribution < -0.4 is 15.8 Å². The van der Waals surface area contributed by atoms with E-state index in [4.69, 9.17) is 15.5 Å². The van der Waals surface area contributed by atoms with E-state index in [0.717, 1.165) is 46.3 Å². The Labute approximate surface area is 196 Å². The standard InChI is InChI=1S/C25H28N6O3/c1-13-11-34-20-10-15-4-2-14(8-18(15)30-24(20)29-13)3-5-16-9-19(22(33)21(16)32)31-7-6-17-23(26)27-12-28-25(17)31/h2,4,6-8,10,12-13,16,19,21-22,32-33H,3,5,9,11H2,1H3,(H,29,30)(H2,26,27,28)/t13-,16-,19+,21+,22-/m0/s1. The molecule has 6 rings (SSSR count). The van der Waals surface area contributed by atoms with E-state index in [1.54, 1.807) is 0 Å². The lowest BCUT2D eigenvalue weighted by atomic mass is 9.95. The molecule has 4 heterocycles. The van der Waals surface area contributed by atoms with Crippen molar-refractivity contribution in [1.82, 2.24) is 19.5 Å². The lowest BCUT2D eigenvalue weighted by Crippen LogP contribution is -2.29. The van der Waals surface area contributed by atoms with E-state index in [1.807, 2.05) is 22.9 Å². The van der Waals surface area contributed by atoms with Gasteiger partial charge in [0.2, 0.25) is 0 Å². The van der Waals surface area contributed by atoms with E-state index in [-0.39, 0.29) is 18.0 Å². The minimum absolute atomic E-state index is 0.0280. The number of aromatic nitrogens is 4. The number of nitrogens with two attached hydrogens (primary N) is 1. The van der Waals surface area contributed by atoms with Crippen LogP contribution in [-0.4, -0.2) is 54.6 Å². The van der Waals surface area contributed by atoms with Gasteiger partial charge in [0.25, 0.3) is 0 Å². The summed E-state index contributed by atoms with van der Waals surface area (Å²) >= 11 is 0. The van der Waals surface area contributed by atoms with E-state index >= 15 is 0 Å². The van der Waals surface area contributed by atoms with Crippen molar-refractivity contribution in [1.29, 1.82) is 0 Å². The molecule has 0 bridgehead atoms. The molecule has 1 aromatic carbocycles. The monoisotopic (exact) mass is 460 g/mol. The van der Waals surface area contributed by atoms with E-state index < -0.39 is 12.2 Å². The quantitative estimate of drug-likeness (QED) is 0.366. The van der Waals surface area contributed by atoms with Crippen molar-refractivity contribution in [3.05, 3.63) is 48.4 Å². The maximum absolute atomic E-state index is 10.8. The number of nitrogens with one attached hydrogen (secondary N) is 1. The van der Waals surface area contributed by atoms with Gasteiger partial charge in [-0.2, -0.15) is 0 Å². The normalized spacial score (nSPS) is 26.4. The number of ether oxygens (including phenoxy) is 1. The number of aryl methyl sites for hydroxylation is 1. The smallest absolute Gasteiger partial charge is 0.169 e. The number of rotatable bonds is 4. The second-order valence-electron chi connectivity index (χ2n) is 9.52. The maximum Gasteiger partial charge on any atom is 0.169 e. The summed E-state index contributed by atoms with van der Waals surface area (Å²) in [5.41, 5.74) is 8.72. The van der Waals surface area contributed by atoms with Crippen LogP contribution in [0.2, 0.25) is 0 Å². The van der Waals surface area contributed by atoms with Gasteiger partial charge in [-0.25, -0.2) is 15.0 Å². The molecule has 0 unspecified atom stereocenters. The molecule has 9 nitrogen and oxygen atoms in total. The van der Waals surface area contributed by atoms with Crippen LogP contribution in [0.3, 0.4) is 0 Å². The number of anilines is 2. The van der Waals surface area contributed by atoms with Crippen LogP contribution in [0.5, 0.6) is 5.75 Å². The summed E-state index contributed by atoms with van der Waals surface area (Å²) in [5, 5.41) is 26.8. The molecule has 0 radical (unpaired) electrons. The molecular formula is C25H28N6O3. The van der Waals surface area contributed by atoms with Crippen LogP contribution in [-0.2, 0) is 6.42 Å². The number of nitrogens with zero attached hydrogens (tertiary/aromatic N) is 4. The number of aliphatic hydroxyl groups excluding tert-OH is 2. The molecule has 4 aromatic rings. The first kappa shape index (κ1) is 21.1. The van der Waals surface area contributed by atoms with Gasteiger partial charge >= 0.3 is 0 Å². The highest BCUT2D eigenvalue weighted by Crippen LogP contribution is 2.40. The third-order valence-electron chi connectivity index (χ3n) is 7.19. The summed E-state index contributed by atoms with van der Waals surface area (Å²) in [6, 6.07) is 10.1. The zero-order valence-corrected chi connectivity index (χ0v) is 18.9. The molecule has 1 saturated carbocycles. The van der Waals surface area contributed by atoms with Crippen LogP contribution in [0, 0.1) is 5.92 Å². The number of fused-ring (bicyclic) bond motifs is 3. The number of aliphatic hydroxyl groups is 2. The van der Waals surface area contributed by atoms with Gasteiger partial charge in [-0.1, -0.05) is 12.1 Å². The number of nitrogen functional groups attached to an aromatic ring is 1. The summed E-state index contributed by atoms with van der Waals surface area (Å²) in [4.78, 5) is 13.1. The second kappa shape index (κ2) is 8.11. The highest BCUT2D eigenvalue weighted by molar-refractivity contribution is 5.86. The Morgan fingerprint density at radius 2 is 2.06 bits per heavy atom. The predicted octanol–water partition coefficient (Wildman–Crippen LogP) is 2.67. The van der Waals surface area contributed by atoms with E-state index in [1.165, 1.54) is 6.33 Å². The summed E-state index contributed by atoms with van der Waals surface area (Å²) in [6.45, 7) is 2.70. The van der Waals surface area contributed by atoms with Crippen LogP contribution in [0.4, 0.5) is 11.6 Å². The van der Waals surface area contributed by atoms with Crippen LogP contribution >= 0.6 is 0 Å². The fourth-order valence-electron chi connectivity index (χ4n) is 5.32. The van der Waals surface area contributed by atoms with Crippen LogP contribution in [0.1, 0.15) is 31.4 Å². The molecule has 0 saturated heterocycles. The van der Waals surface area contributed by atoms with Gasteiger partial charge in [0.15, 0.2) is 11.6 Å². The second-order valence-corrected chi connectivity index (χ2v) is 9.52. The van der Waals surface area contributed by atoms with Crippen LogP contribution in [0.25, 0.3) is 21.9 Å². The maximum atomic E-state index is 10.8. The Hall–Kier alpha value is -3.43. The molecule has 1 aliphatic carbocycles. The van der Waals surface area contributed by atoms with Gasteiger partial charge in [0, 0.05) is 11.6 Å². The van der Waals surface area contributed by atoms with E-state index in [0.29, 0.717) is 24.5 Å². The van der Waals surface area contributed by atoms with Crippen molar-refractivity contribution in [2.45, 2.75) is 50.5 Å². The molecule has 3 aromatic heterocycles. The topological polar surface area (TPSA) is 131 Å². The largest absolute Gasteiger partial charge is 0.488 e. The van der Waals surface area contributed by atoms with Crippen molar-refractivity contribution in [2.75, 3.05) is 17.7 Å². The Balaban J connectivity index is 1.19. The van der Waals surface area contributed by atoms with Crippen molar-refractivity contribution in [3.63, 3.8) is 0 Å². The van der Waals surface area contributed by atoms with Gasteiger partial charge < -0.3 is 30.6 Å². The third-order valence-corrected chi connectivity index (χ3v) is 7.19. The van der Waals surface area contributed by atoms with Gasteiger partial charge in [-0.3, -0.25) is 0 Å². The Bertz CT molecular complexity index is 1370. The SMILES string of the molecule is C[C@H]1COc2cc3ccc(CC[C@H]4C[C@@H](n5ccc6c(N)ncnc65)[C@H](O)[C@@H]4O)cc3nc2N1. The first-order chi connectivity index (χ1) is 16.5. The fraction of sp³-hybridized carbons (Fsp3) is 0.400. The Kier molecular flexibility index (Phi) is 5.04. The minimum Gasteiger partial charge on any atom is -0.488 e. The number of hydrogen-bond acceptors (Lipinski definition) is 8. The van der Waals surface area contributed by atoms with Crippen molar-refractivity contribution in [3.8, 4) is 5.75 Å². The predicted molar refractivity (Wildman–Crippen MR) is 130 cm³/mol. The van der Waals surface area contributed by atoms with E-state index in [9.17, 15) is 10.2 Å². The van der Waals surface area contributed by atoms with Crippen molar-refractivity contribution < 1.29 is 14.9 Å². The van der Waals surface area contributed by atoms with Gasteiger partial charge in [0.1, 0.15) is 30.5 Å². The van der Waals surface area contributed by atoms with Gasteiger partial charge in [-0.15, -0.1) is 0 Å². The Morgan fingerprint density at radius 3 is 2.94 bits per heavy atom. The molecule has 0 amide bonds. The summed E-state index contributed by atoms with van der Waals surface area (Å²) in [6.07, 6.45) is 3.85. The molecule has 0 spiro atoms. The number of hydrogen-bond donors (Lipinski definition) is 4. The van der Waals surface area contributed by atoms with Gasteiger partial charge in [0.05, 0.1) is 29.1 Å². The molecule has 9 heteroatoms. The highest BCUT2D eigenvalue weighted by atomic mass is 16.5. The molecule has 34 heavy (non-hydrogen) atoms. The average Bonchev–Trinajstić information content (AvgIpc) is 3.38. The number of benzene rings is 1. The third kappa shape index (κ3) is 3.52. The summed E-state index contributed by atoms with van der Waals surface area (Å²) in [5.74, 6) is 1.96. The minimum atomic E-state index is -0.866. The average molecular weight is 461 g/mol. The first-order valence-electron chi connectivity index (χ1n) is 11.7. The lowest BCUT2D eigenvalue weighted by molar-refractivity contribution is 0.00545. The summed E-state index contributed by atoms with van der Waals surface area (Å²) < 4.78 is 7.71. The highest BCUT2D eigenvalue weighted by Gasteiger charge is 2.42. The van der Waals surface area contributed by atoms with Crippen molar-refractivity contribution in [2.24, 2.45) is 5.92 Å². The zero-order valence-electron chi connectivity index (χ0n) is 18.9. The number of pyridine rings is 1. The summed E-state index contributed by atoms with van der Waals surface area (Å²) in [7, 11) is 0. The van der Waals surface area contributed by atoms with Crippen molar-refractivity contribution >= 4 is 33.6 Å². The zero-order chi connectivity index (χ0) is 23.4. The molecule has 5 N–H and O–H groups in total. The molecule has 1 fully saturated rings. The molecule has 1 aliphatic heterocycles. The lowest BCUT2D eigenvalue weighted by Gasteiger charge is -2.24.